The van der Waals surface area contributed by atoms with Crippen LogP contribution in [-0.2, 0) is 11.2 Å². The van der Waals surface area contributed by atoms with Crippen molar-refractivity contribution in [1.29, 1.82) is 0 Å². The molecule has 0 spiro atoms. The van der Waals surface area contributed by atoms with Gasteiger partial charge in [-0.15, -0.1) is 11.3 Å². The molecular weight excluding hydrogens is 546 g/mol. The first kappa shape index (κ1) is 21.1. The highest BCUT2D eigenvalue weighted by atomic mass is 79.9. The zero-order chi connectivity index (χ0) is 21.1. The van der Waals surface area contributed by atoms with Gasteiger partial charge in [-0.1, -0.05) is 58.4 Å². The third-order valence-corrected chi connectivity index (χ3v) is 6.64. The molecule has 0 aliphatic heterocycles. The number of carbonyl (C=O) groups excluding carboxylic acids is 1. The number of hydrogen-bond acceptors (Lipinski definition) is 4. The zero-order valence-corrected chi connectivity index (χ0v) is 20.3. The quantitative estimate of drug-likeness (QED) is 0.278. The van der Waals surface area contributed by atoms with E-state index in [2.05, 4.69) is 42.5 Å². The second-order valence-corrected chi connectivity index (χ2v) is 9.67. The van der Waals surface area contributed by atoms with Gasteiger partial charge in [-0.05, 0) is 58.0 Å². The van der Waals surface area contributed by atoms with Crippen molar-refractivity contribution in [3.05, 3.63) is 81.2 Å². The normalized spacial score (nSPS) is 10.7. The van der Waals surface area contributed by atoms with Gasteiger partial charge in [-0.3, -0.25) is 4.79 Å². The lowest BCUT2D eigenvalue weighted by Gasteiger charge is -2.15. The number of carbonyl (C=O) groups is 1. The molecule has 8 heteroatoms. The topological polar surface area (TPSA) is 54.0 Å². The Morgan fingerprint density at radius 3 is 2.53 bits per heavy atom. The minimum absolute atomic E-state index is 0.173. The summed E-state index contributed by atoms with van der Waals surface area (Å²) in [4.78, 5) is 17.1. The summed E-state index contributed by atoms with van der Waals surface area (Å²) in [6.07, 6.45) is 0.259. The van der Waals surface area contributed by atoms with Gasteiger partial charge < -0.3 is 10.6 Å². The highest BCUT2D eigenvalue weighted by Gasteiger charge is 2.16. The fraction of sp³-hybridized carbons (Fsp3) is 0.0455. The molecule has 0 aliphatic carbocycles. The average Bonchev–Trinajstić information content (AvgIpc) is 3.14. The molecule has 30 heavy (non-hydrogen) atoms. The highest BCUT2D eigenvalue weighted by Crippen LogP contribution is 2.40. The van der Waals surface area contributed by atoms with Crippen LogP contribution in [0.25, 0.3) is 20.8 Å². The number of anilines is 1. The number of halogens is 2. The zero-order valence-electron chi connectivity index (χ0n) is 15.5. The van der Waals surface area contributed by atoms with E-state index in [4.69, 9.17) is 17.2 Å². The number of fused-ring (bicyclic) bond motifs is 1. The summed E-state index contributed by atoms with van der Waals surface area (Å²) in [5, 5.41) is 7.02. The van der Waals surface area contributed by atoms with E-state index in [1.807, 2.05) is 66.7 Å². The van der Waals surface area contributed by atoms with Crippen molar-refractivity contribution >= 4 is 82.3 Å². The van der Waals surface area contributed by atoms with Gasteiger partial charge in [0, 0.05) is 14.5 Å². The molecule has 0 fully saturated rings. The number of hydrogen-bond donors (Lipinski definition) is 2. The van der Waals surface area contributed by atoms with Crippen molar-refractivity contribution in [3.63, 3.8) is 0 Å². The first-order valence-electron chi connectivity index (χ1n) is 8.99. The van der Waals surface area contributed by atoms with Gasteiger partial charge in [-0.2, -0.15) is 0 Å². The van der Waals surface area contributed by atoms with Crippen LogP contribution in [0, 0.1) is 0 Å². The first-order chi connectivity index (χ1) is 14.5. The van der Waals surface area contributed by atoms with E-state index >= 15 is 0 Å². The number of para-hydroxylation sites is 1. The number of nitrogens with one attached hydrogen (secondary N) is 2. The van der Waals surface area contributed by atoms with Crippen LogP contribution in [0.1, 0.15) is 5.56 Å². The number of aromatic nitrogens is 1. The average molecular weight is 561 g/mol. The third-order valence-electron chi connectivity index (χ3n) is 4.28. The summed E-state index contributed by atoms with van der Waals surface area (Å²) >= 11 is 14.2. The Morgan fingerprint density at radius 2 is 1.77 bits per heavy atom. The molecule has 4 nitrogen and oxygen atoms in total. The van der Waals surface area contributed by atoms with Gasteiger partial charge in [-0.25, -0.2) is 4.98 Å². The molecule has 1 amide bonds. The Labute approximate surface area is 200 Å². The third kappa shape index (κ3) is 4.95. The fourth-order valence-corrected chi connectivity index (χ4v) is 5.48. The molecule has 1 aromatic heterocycles. The largest absolute Gasteiger partial charge is 0.331 e. The van der Waals surface area contributed by atoms with E-state index in [1.54, 1.807) is 11.3 Å². The summed E-state index contributed by atoms with van der Waals surface area (Å²) in [7, 11) is 0. The second kappa shape index (κ2) is 9.34. The summed E-state index contributed by atoms with van der Waals surface area (Å²) in [6, 6.07) is 21.5. The maximum Gasteiger partial charge on any atom is 0.230 e. The van der Waals surface area contributed by atoms with Gasteiger partial charge in [0.2, 0.25) is 5.91 Å². The molecule has 0 unspecified atom stereocenters. The summed E-state index contributed by atoms with van der Waals surface area (Å²) in [5.74, 6) is -0.173. The van der Waals surface area contributed by atoms with Crippen molar-refractivity contribution in [2.24, 2.45) is 0 Å². The molecule has 0 radical (unpaired) electrons. The van der Waals surface area contributed by atoms with Crippen molar-refractivity contribution in [2.75, 3.05) is 5.32 Å². The summed E-state index contributed by atoms with van der Waals surface area (Å²) < 4.78 is 2.83. The molecule has 0 aliphatic rings. The van der Waals surface area contributed by atoms with E-state index in [0.717, 1.165) is 41.0 Å². The van der Waals surface area contributed by atoms with Gasteiger partial charge in [0.15, 0.2) is 5.11 Å². The van der Waals surface area contributed by atoms with Crippen LogP contribution in [0.3, 0.4) is 0 Å². The monoisotopic (exact) mass is 559 g/mol. The Bertz CT molecular complexity index is 1210. The van der Waals surface area contributed by atoms with E-state index in [9.17, 15) is 4.79 Å². The molecule has 0 atom stereocenters. The minimum atomic E-state index is -0.173. The van der Waals surface area contributed by atoms with Crippen LogP contribution < -0.4 is 10.6 Å². The second-order valence-electron chi connectivity index (χ2n) is 6.46. The lowest BCUT2D eigenvalue weighted by atomic mass is 10.1. The predicted octanol–water partition coefficient (Wildman–Crippen LogP) is 6.54. The molecule has 3 aromatic carbocycles. The molecule has 4 aromatic rings. The number of amides is 1. The molecule has 1 heterocycles. The lowest BCUT2D eigenvalue weighted by Crippen LogP contribution is -2.35. The Balaban J connectivity index is 1.57. The summed E-state index contributed by atoms with van der Waals surface area (Å²) in [5.41, 5.74) is 3.51. The van der Waals surface area contributed by atoms with E-state index in [-0.39, 0.29) is 17.4 Å². The van der Waals surface area contributed by atoms with Crippen LogP contribution in [0.15, 0.2) is 75.7 Å². The maximum absolute atomic E-state index is 12.4. The molecular formula is C22H15Br2N3OS2. The van der Waals surface area contributed by atoms with E-state index in [1.165, 1.54) is 0 Å². The van der Waals surface area contributed by atoms with Crippen LogP contribution in [0.2, 0.25) is 0 Å². The minimum Gasteiger partial charge on any atom is -0.331 e. The van der Waals surface area contributed by atoms with Crippen LogP contribution in [0.5, 0.6) is 0 Å². The smallest absolute Gasteiger partial charge is 0.230 e. The SMILES string of the molecule is O=C(Cc1ccccc1)NC(=S)Nc1c(Br)cc(Br)cc1-c1nc2ccccc2s1. The van der Waals surface area contributed by atoms with Crippen molar-refractivity contribution < 1.29 is 4.79 Å². The Kier molecular flexibility index (Phi) is 6.58. The maximum atomic E-state index is 12.4. The first-order valence-corrected chi connectivity index (χ1v) is 11.8. The van der Waals surface area contributed by atoms with Crippen LogP contribution in [0.4, 0.5) is 5.69 Å². The highest BCUT2D eigenvalue weighted by molar-refractivity contribution is 9.11. The van der Waals surface area contributed by atoms with Gasteiger partial charge in [0.05, 0.1) is 22.3 Å². The van der Waals surface area contributed by atoms with Crippen LogP contribution in [-0.4, -0.2) is 16.0 Å². The predicted molar refractivity (Wildman–Crippen MR) is 135 cm³/mol. The molecule has 150 valence electrons. The standard InChI is InChI=1S/C22H15Br2N3OS2/c23-14-11-15(21-25-17-8-4-5-9-18(17)30-21)20(16(24)12-14)27-22(29)26-19(28)10-13-6-2-1-3-7-13/h1-9,11-12H,10H2,(H2,26,27,28,29). The lowest BCUT2D eigenvalue weighted by molar-refractivity contribution is -0.119. The summed E-state index contributed by atoms with van der Waals surface area (Å²) in [6.45, 7) is 0. The molecule has 4 rings (SSSR count). The Morgan fingerprint density at radius 1 is 1.03 bits per heavy atom. The molecule has 0 saturated carbocycles. The van der Waals surface area contributed by atoms with E-state index in [0.29, 0.717) is 0 Å². The Hall–Kier alpha value is -2.13. The molecule has 0 bridgehead atoms. The van der Waals surface area contributed by atoms with Gasteiger partial charge in [0.25, 0.3) is 0 Å². The van der Waals surface area contributed by atoms with Crippen LogP contribution >= 0.6 is 55.4 Å². The van der Waals surface area contributed by atoms with E-state index < -0.39 is 0 Å². The molecule has 2 N–H and O–H groups in total. The number of thiocarbonyl (C=S) groups is 1. The van der Waals surface area contributed by atoms with Crippen molar-refractivity contribution in [1.82, 2.24) is 10.3 Å². The van der Waals surface area contributed by atoms with Crippen molar-refractivity contribution in [2.45, 2.75) is 6.42 Å². The number of rotatable bonds is 4. The molecule has 0 saturated heterocycles. The van der Waals surface area contributed by atoms with Crippen molar-refractivity contribution in [3.8, 4) is 10.6 Å². The van der Waals surface area contributed by atoms with Gasteiger partial charge in [0.1, 0.15) is 5.01 Å². The fourth-order valence-electron chi connectivity index (χ4n) is 2.95. The van der Waals surface area contributed by atoms with Gasteiger partial charge >= 0.3 is 0 Å². The number of thiazole rings is 1. The number of benzene rings is 3. The number of nitrogens with zero attached hydrogens (tertiary/aromatic N) is 1.